The second-order valence-electron chi connectivity index (χ2n) is 5.48. The Morgan fingerprint density at radius 1 is 0.913 bits per heavy atom. The number of nitrogens with two attached hydrogens (primary N) is 2. The van der Waals surface area contributed by atoms with Gasteiger partial charge in [-0.25, -0.2) is 0 Å². The van der Waals surface area contributed by atoms with Gasteiger partial charge in [0, 0.05) is 6.42 Å². The third kappa shape index (κ3) is 3.40. The van der Waals surface area contributed by atoms with Crippen LogP contribution in [0.1, 0.15) is 32.7 Å². The van der Waals surface area contributed by atoms with E-state index in [0.717, 1.165) is 12.0 Å². The summed E-state index contributed by atoms with van der Waals surface area (Å²) in [7, 11) is 0. The number of amides is 1. The normalized spacial score (nSPS) is 10.6. The van der Waals surface area contributed by atoms with Gasteiger partial charge >= 0.3 is 0 Å². The maximum absolute atomic E-state index is 11.4. The van der Waals surface area contributed by atoms with E-state index in [9.17, 15) is 4.79 Å². The largest absolute Gasteiger partial charge is 0.382 e. The van der Waals surface area contributed by atoms with Gasteiger partial charge in [-0.1, -0.05) is 54.6 Å². The van der Waals surface area contributed by atoms with Crippen molar-refractivity contribution in [3.8, 4) is 0 Å². The van der Waals surface area contributed by atoms with Crippen molar-refractivity contribution in [3.05, 3.63) is 82.5 Å². The maximum Gasteiger partial charge on any atom is 0.254 e. The van der Waals surface area contributed by atoms with Crippen LogP contribution in [0.2, 0.25) is 0 Å². The van der Waals surface area contributed by atoms with Crippen LogP contribution in [-0.2, 0) is 12.8 Å². The van der Waals surface area contributed by atoms with Crippen LogP contribution in [0.5, 0.6) is 0 Å². The average molecular weight is 306 g/mol. The molecule has 0 saturated carbocycles. The van der Waals surface area contributed by atoms with E-state index in [1.807, 2.05) is 30.3 Å². The molecule has 0 aliphatic rings. The smallest absolute Gasteiger partial charge is 0.254 e. The second-order valence-corrected chi connectivity index (χ2v) is 5.48. The van der Waals surface area contributed by atoms with Crippen LogP contribution in [0.25, 0.3) is 0 Å². The van der Waals surface area contributed by atoms with Gasteiger partial charge in [0.15, 0.2) is 5.82 Å². The van der Waals surface area contributed by atoms with Gasteiger partial charge < -0.3 is 11.5 Å². The summed E-state index contributed by atoms with van der Waals surface area (Å²) < 4.78 is 0. The zero-order valence-corrected chi connectivity index (χ0v) is 12.6. The Kier molecular flexibility index (Phi) is 4.10. The van der Waals surface area contributed by atoms with Gasteiger partial charge in [-0.15, -0.1) is 0 Å². The summed E-state index contributed by atoms with van der Waals surface area (Å²) in [4.78, 5) is 11.4. The van der Waals surface area contributed by atoms with Crippen molar-refractivity contribution in [2.24, 2.45) is 5.73 Å². The number of hydrogen-bond acceptors (Lipinski definition) is 3. The van der Waals surface area contributed by atoms with Gasteiger partial charge in [-0.05, 0) is 23.1 Å². The first-order valence-corrected chi connectivity index (χ1v) is 7.37. The summed E-state index contributed by atoms with van der Waals surface area (Å²) in [6.45, 7) is 0. The summed E-state index contributed by atoms with van der Waals surface area (Å²) in [6.07, 6.45) is 1.43. The van der Waals surface area contributed by atoms with E-state index in [0.29, 0.717) is 12.1 Å². The molecule has 116 valence electrons. The lowest BCUT2D eigenvalue weighted by molar-refractivity contribution is 0.100. The van der Waals surface area contributed by atoms with Crippen LogP contribution in [-0.4, -0.2) is 16.1 Å². The van der Waals surface area contributed by atoms with Crippen molar-refractivity contribution in [3.63, 3.8) is 0 Å². The summed E-state index contributed by atoms with van der Waals surface area (Å²) >= 11 is 0. The molecular formula is C18H18N4O. The number of carbonyl (C=O) groups excluding carboxylic acids is 1. The van der Waals surface area contributed by atoms with E-state index in [-0.39, 0.29) is 11.4 Å². The molecule has 0 bridgehead atoms. The Morgan fingerprint density at radius 2 is 1.48 bits per heavy atom. The molecule has 0 aliphatic heterocycles. The number of rotatable bonds is 5. The van der Waals surface area contributed by atoms with Crippen LogP contribution in [0.15, 0.2) is 54.6 Å². The van der Waals surface area contributed by atoms with Crippen molar-refractivity contribution in [1.82, 2.24) is 10.2 Å². The minimum absolute atomic E-state index is 0.146. The summed E-state index contributed by atoms with van der Waals surface area (Å²) in [6, 6.07) is 18.6. The fourth-order valence-electron chi connectivity index (χ4n) is 2.61. The lowest BCUT2D eigenvalue weighted by Crippen LogP contribution is -2.14. The number of nitrogens with one attached hydrogen (secondary N) is 1. The molecule has 2 aromatic carbocycles. The SMILES string of the molecule is NC(=O)c1c(N)n[nH]c1Cc1ccc(Cc2ccccc2)cc1. The van der Waals surface area contributed by atoms with Gasteiger partial charge in [0.05, 0.1) is 5.69 Å². The molecule has 0 fully saturated rings. The third-order valence-electron chi connectivity index (χ3n) is 3.77. The Bertz CT molecular complexity index is 807. The van der Waals surface area contributed by atoms with Crippen LogP contribution >= 0.6 is 0 Å². The lowest BCUT2D eigenvalue weighted by Gasteiger charge is -2.05. The molecule has 3 aromatic rings. The molecule has 5 nitrogen and oxygen atoms in total. The number of nitrogen functional groups attached to an aromatic ring is 1. The highest BCUT2D eigenvalue weighted by Gasteiger charge is 2.16. The van der Waals surface area contributed by atoms with E-state index < -0.39 is 5.91 Å². The number of primary amides is 1. The van der Waals surface area contributed by atoms with Crippen LogP contribution in [0, 0.1) is 0 Å². The third-order valence-corrected chi connectivity index (χ3v) is 3.77. The molecule has 5 heteroatoms. The minimum atomic E-state index is -0.563. The molecule has 0 unspecified atom stereocenters. The highest BCUT2D eigenvalue weighted by Crippen LogP contribution is 2.18. The van der Waals surface area contributed by atoms with E-state index in [1.54, 1.807) is 0 Å². The lowest BCUT2D eigenvalue weighted by atomic mass is 10.0. The van der Waals surface area contributed by atoms with E-state index in [2.05, 4.69) is 34.5 Å². The Labute approximate surface area is 134 Å². The first kappa shape index (κ1) is 14.8. The number of anilines is 1. The van der Waals surface area contributed by atoms with Crippen molar-refractivity contribution in [1.29, 1.82) is 0 Å². The molecule has 23 heavy (non-hydrogen) atoms. The van der Waals surface area contributed by atoms with Crippen LogP contribution < -0.4 is 11.5 Å². The molecule has 0 radical (unpaired) electrons. The molecule has 0 atom stereocenters. The Hall–Kier alpha value is -3.08. The summed E-state index contributed by atoms with van der Waals surface area (Å²) in [5.74, 6) is -0.417. The zero-order valence-electron chi connectivity index (χ0n) is 12.6. The van der Waals surface area contributed by atoms with Crippen LogP contribution in [0.3, 0.4) is 0 Å². The van der Waals surface area contributed by atoms with E-state index in [1.165, 1.54) is 11.1 Å². The monoisotopic (exact) mass is 306 g/mol. The topological polar surface area (TPSA) is 97.8 Å². The number of nitrogens with zero attached hydrogens (tertiary/aromatic N) is 1. The molecular weight excluding hydrogens is 288 g/mol. The molecule has 1 amide bonds. The highest BCUT2D eigenvalue weighted by molar-refractivity contribution is 5.98. The molecule has 1 heterocycles. The van der Waals surface area contributed by atoms with Crippen LogP contribution in [0.4, 0.5) is 5.82 Å². The van der Waals surface area contributed by atoms with Gasteiger partial charge in [0.1, 0.15) is 5.56 Å². The standard InChI is InChI=1S/C18H18N4O/c19-17-16(18(20)23)15(21-22-17)11-14-8-6-13(7-9-14)10-12-4-2-1-3-5-12/h1-9H,10-11H2,(H2,20,23)(H3,19,21,22). The molecule has 0 spiro atoms. The number of hydrogen-bond donors (Lipinski definition) is 3. The molecule has 0 saturated heterocycles. The van der Waals surface area contributed by atoms with Crippen molar-refractivity contribution < 1.29 is 4.79 Å². The second kappa shape index (κ2) is 6.36. The highest BCUT2D eigenvalue weighted by atomic mass is 16.1. The van der Waals surface area contributed by atoms with Crippen molar-refractivity contribution in [2.75, 3.05) is 5.73 Å². The predicted molar refractivity (Wildman–Crippen MR) is 90.0 cm³/mol. The van der Waals surface area contributed by atoms with E-state index in [4.69, 9.17) is 11.5 Å². The molecule has 3 rings (SSSR count). The average Bonchev–Trinajstić information content (AvgIpc) is 2.91. The molecule has 5 N–H and O–H groups in total. The van der Waals surface area contributed by atoms with Gasteiger partial charge in [0.25, 0.3) is 5.91 Å². The quantitative estimate of drug-likeness (QED) is 0.674. The number of H-pyrrole nitrogens is 1. The Morgan fingerprint density at radius 3 is 2.09 bits per heavy atom. The fraction of sp³-hybridized carbons (Fsp3) is 0.111. The van der Waals surface area contributed by atoms with Crippen molar-refractivity contribution in [2.45, 2.75) is 12.8 Å². The first-order chi connectivity index (χ1) is 11.1. The number of benzene rings is 2. The number of aromatic amines is 1. The predicted octanol–water partition coefficient (Wildman–Crippen LogP) is 2.27. The number of carbonyl (C=O) groups is 1. The summed E-state index contributed by atoms with van der Waals surface area (Å²) in [5.41, 5.74) is 15.5. The molecule has 0 aliphatic carbocycles. The van der Waals surface area contributed by atoms with Gasteiger partial charge in [0.2, 0.25) is 0 Å². The van der Waals surface area contributed by atoms with Gasteiger partial charge in [-0.2, -0.15) is 5.10 Å². The Balaban J connectivity index is 1.74. The number of aromatic nitrogens is 2. The van der Waals surface area contributed by atoms with Gasteiger partial charge in [-0.3, -0.25) is 9.89 Å². The zero-order chi connectivity index (χ0) is 16.2. The van der Waals surface area contributed by atoms with E-state index >= 15 is 0 Å². The molecule has 1 aromatic heterocycles. The fourth-order valence-corrected chi connectivity index (χ4v) is 2.61. The summed E-state index contributed by atoms with van der Waals surface area (Å²) in [5, 5.41) is 6.64. The first-order valence-electron chi connectivity index (χ1n) is 7.37. The van der Waals surface area contributed by atoms with Crippen molar-refractivity contribution >= 4 is 11.7 Å². The minimum Gasteiger partial charge on any atom is -0.382 e. The maximum atomic E-state index is 11.4.